The van der Waals surface area contributed by atoms with Crippen LogP contribution >= 0.6 is 0 Å². The van der Waals surface area contributed by atoms with Crippen LogP contribution in [0.25, 0.3) is 0 Å². The summed E-state index contributed by atoms with van der Waals surface area (Å²) in [6, 6.07) is 12.8. The van der Waals surface area contributed by atoms with E-state index >= 15 is 0 Å². The van der Waals surface area contributed by atoms with Crippen LogP contribution in [0.5, 0.6) is 0 Å². The molecule has 0 saturated carbocycles. The monoisotopic (exact) mass is 338 g/mol. The molecule has 4 rings (SSSR count). The maximum Gasteiger partial charge on any atom is 0.223 e. The molecule has 2 heterocycles. The number of carbonyl (C=O) groups is 1. The number of rotatable bonds is 4. The van der Waals surface area contributed by atoms with Crippen molar-refractivity contribution in [3.8, 4) is 0 Å². The number of aryl methyl sites for hydroxylation is 1. The number of benzene rings is 1. The van der Waals surface area contributed by atoms with Crippen LogP contribution in [0.3, 0.4) is 0 Å². The van der Waals surface area contributed by atoms with Crippen molar-refractivity contribution in [1.29, 1.82) is 0 Å². The largest absolute Gasteiger partial charge is 0.468 e. The lowest BCUT2D eigenvalue weighted by atomic mass is 9.87. The highest BCUT2D eigenvalue weighted by atomic mass is 16.3. The molecule has 1 amide bonds. The van der Waals surface area contributed by atoms with E-state index in [0.29, 0.717) is 6.04 Å². The fourth-order valence-electron chi connectivity index (χ4n) is 4.12. The second-order valence-corrected chi connectivity index (χ2v) is 7.35. The van der Waals surface area contributed by atoms with Crippen molar-refractivity contribution in [2.24, 2.45) is 5.92 Å². The van der Waals surface area contributed by atoms with Gasteiger partial charge in [0.15, 0.2) is 0 Å². The molecule has 1 N–H and O–H groups in total. The predicted molar refractivity (Wildman–Crippen MR) is 97.1 cm³/mol. The first-order chi connectivity index (χ1) is 12.3. The third-order valence-electron chi connectivity index (χ3n) is 5.61. The second kappa shape index (κ2) is 7.44. The Kier molecular flexibility index (Phi) is 4.88. The Bertz CT molecular complexity index is 702. The highest BCUT2D eigenvalue weighted by Gasteiger charge is 2.28. The Morgan fingerprint density at radius 1 is 1.08 bits per heavy atom. The zero-order valence-electron chi connectivity index (χ0n) is 14.6. The fourth-order valence-corrected chi connectivity index (χ4v) is 4.12. The molecule has 2 aliphatic rings. The van der Waals surface area contributed by atoms with Gasteiger partial charge in [-0.05, 0) is 68.5 Å². The molecule has 1 fully saturated rings. The molecular weight excluding hydrogens is 312 g/mol. The summed E-state index contributed by atoms with van der Waals surface area (Å²) in [5.41, 5.74) is 2.84. The Balaban J connectivity index is 1.25. The number of hydrogen-bond donors (Lipinski definition) is 1. The third-order valence-corrected chi connectivity index (χ3v) is 5.61. The molecule has 1 atom stereocenters. The summed E-state index contributed by atoms with van der Waals surface area (Å²) < 4.78 is 5.42. The number of hydrogen-bond acceptors (Lipinski definition) is 3. The number of nitrogens with zero attached hydrogens (tertiary/aromatic N) is 1. The highest BCUT2D eigenvalue weighted by molar-refractivity contribution is 5.79. The van der Waals surface area contributed by atoms with Gasteiger partial charge in [0.25, 0.3) is 0 Å². The van der Waals surface area contributed by atoms with Crippen LogP contribution < -0.4 is 5.32 Å². The summed E-state index contributed by atoms with van der Waals surface area (Å²) in [4.78, 5) is 15.0. The number of likely N-dealkylation sites (tertiary alicyclic amines) is 1. The minimum Gasteiger partial charge on any atom is -0.468 e. The average molecular weight is 338 g/mol. The fraction of sp³-hybridized carbons (Fsp3) is 0.476. The van der Waals surface area contributed by atoms with Gasteiger partial charge in [-0.3, -0.25) is 9.69 Å². The summed E-state index contributed by atoms with van der Waals surface area (Å²) in [5.74, 6) is 1.41. The van der Waals surface area contributed by atoms with Gasteiger partial charge in [-0.2, -0.15) is 0 Å². The van der Waals surface area contributed by atoms with Crippen molar-refractivity contribution in [3.05, 3.63) is 59.5 Å². The molecule has 1 aromatic heterocycles. The molecule has 0 radical (unpaired) electrons. The zero-order valence-corrected chi connectivity index (χ0v) is 14.6. The van der Waals surface area contributed by atoms with Crippen LogP contribution in [0.4, 0.5) is 0 Å². The molecule has 0 bridgehead atoms. The molecule has 25 heavy (non-hydrogen) atoms. The lowest BCUT2D eigenvalue weighted by molar-refractivity contribution is -0.127. The van der Waals surface area contributed by atoms with Crippen LogP contribution in [0.2, 0.25) is 0 Å². The maximum absolute atomic E-state index is 12.7. The van der Waals surface area contributed by atoms with Crippen LogP contribution in [-0.2, 0) is 24.2 Å². The molecular formula is C21H26N2O2. The number of amides is 1. The van der Waals surface area contributed by atoms with E-state index < -0.39 is 0 Å². The van der Waals surface area contributed by atoms with E-state index in [4.69, 9.17) is 4.42 Å². The van der Waals surface area contributed by atoms with Crippen molar-refractivity contribution in [2.75, 3.05) is 13.1 Å². The minimum absolute atomic E-state index is 0.157. The minimum atomic E-state index is 0.157. The van der Waals surface area contributed by atoms with Gasteiger partial charge in [0.05, 0.1) is 12.8 Å². The number of piperidine rings is 1. The number of carbonyl (C=O) groups excluding carboxylic acids is 1. The third kappa shape index (κ3) is 3.96. The van der Waals surface area contributed by atoms with E-state index in [1.54, 1.807) is 6.26 Å². The summed E-state index contributed by atoms with van der Waals surface area (Å²) in [7, 11) is 0. The first-order valence-corrected chi connectivity index (χ1v) is 9.40. The summed E-state index contributed by atoms with van der Waals surface area (Å²) >= 11 is 0. The number of nitrogens with one attached hydrogen (secondary N) is 1. The first kappa shape index (κ1) is 16.4. The van der Waals surface area contributed by atoms with E-state index in [-0.39, 0.29) is 11.8 Å². The van der Waals surface area contributed by atoms with Gasteiger partial charge in [0.2, 0.25) is 5.91 Å². The Hall–Kier alpha value is -2.07. The van der Waals surface area contributed by atoms with E-state index in [2.05, 4.69) is 34.5 Å². The van der Waals surface area contributed by atoms with Gasteiger partial charge in [0, 0.05) is 12.0 Å². The molecule has 4 nitrogen and oxygen atoms in total. The van der Waals surface area contributed by atoms with Gasteiger partial charge in [-0.25, -0.2) is 0 Å². The number of fused-ring (bicyclic) bond motifs is 1. The normalized spacial score (nSPS) is 21.7. The zero-order chi connectivity index (χ0) is 17.1. The molecule has 1 aliphatic carbocycles. The predicted octanol–water partition coefficient (Wildman–Crippen LogP) is 3.17. The van der Waals surface area contributed by atoms with Crippen LogP contribution in [0, 0.1) is 5.92 Å². The molecule has 1 aliphatic heterocycles. The lowest BCUT2D eigenvalue weighted by Gasteiger charge is -2.32. The summed E-state index contributed by atoms with van der Waals surface area (Å²) in [6.07, 6.45) is 6.70. The summed E-state index contributed by atoms with van der Waals surface area (Å²) in [5, 5.41) is 3.31. The van der Waals surface area contributed by atoms with Crippen LogP contribution in [0.15, 0.2) is 47.1 Å². The van der Waals surface area contributed by atoms with Crippen LogP contribution in [0.1, 0.15) is 36.1 Å². The van der Waals surface area contributed by atoms with Crippen molar-refractivity contribution in [3.63, 3.8) is 0 Å². The quantitative estimate of drug-likeness (QED) is 0.931. The second-order valence-electron chi connectivity index (χ2n) is 7.35. The Morgan fingerprint density at radius 3 is 2.64 bits per heavy atom. The topological polar surface area (TPSA) is 45.5 Å². The van der Waals surface area contributed by atoms with Crippen molar-refractivity contribution in [1.82, 2.24) is 10.2 Å². The van der Waals surface area contributed by atoms with E-state index in [9.17, 15) is 4.79 Å². The van der Waals surface area contributed by atoms with Gasteiger partial charge in [-0.15, -0.1) is 0 Å². The SMILES string of the molecule is O=C(NC1CCc2ccccc2C1)C1CCN(Cc2ccco2)CC1. The molecule has 1 unspecified atom stereocenters. The first-order valence-electron chi connectivity index (χ1n) is 9.40. The molecule has 1 aromatic carbocycles. The van der Waals surface area contributed by atoms with Gasteiger partial charge in [0.1, 0.15) is 5.76 Å². The smallest absolute Gasteiger partial charge is 0.223 e. The van der Waals surface area contributed by atoms with Crippen molar-refractivity contribution in [2.45, 2.75) is 44.7 Å². The summed E-state index contributed by atoms with van der Waals surface area (Å²) in [6.45, 7) is 2.78. The standard InChI is InChI=1S/C21H26N2O2/c24-21(22-19-8-7-16-4-1-2-5-18(16)14-19)17-9-11-23(12-10-17)15-20-6-3-13-25-20/h1-6,13,17,19H,7-12,14-15H2,(H,22,24). The highest BCUT2D eigenvalue weighted by Crippen LogP contribution is 2.23. The average Bonchev–Trinajstić information content (AvgIpc) is 3.15. The van der Waals surface area contributed by atoms with Crippen LogP contribution in [-0.4, -0.2) is 29.9 Å². The van der Waals surface area contributed by atoms with E-state index in [0.717, 1.165) is 57.5 Å². The van der Waals surface area contributed by atoms with Crippen molar-refractivity contribution >= 4 is 5.91 Å². The molecule has 4 heteroatoms. The molecule has 132 valence electrons. The molecule has 1 saturated heterocycles. The van der Waals surface area contributed by atoms with E-state index in [1.807, 2.05) is 12.1 Å². The van der Waals surface area contributed by atoms with Gasteiger partial charge < -0.3 is 9.73 Å². The van der Waals surface area contributed by atoms with Crippen molar-refractivity contribution < 1.29 is 9.21 Å². The molecule has 0 spiro atoms. The Morgan fingerprint density at radius 2 is 1.88 bits per heavy atom. The lowest BCUT2D eigenvalue weighted by Crippen LogP contribution is -2.45. The maximum atomic E-state index is 12.7. The Labute approximate surface area is 149 Å². The van der Waals surface area contributed by atoms with Gasteiger partial charge >= 0.3 is 0 Å². The van der Waals surface area contributed by atoms with Gasteiger partial charge in [-0.1, -0.05) is 24.3 Å². The van der Waals surface area contributed by atoms with E-state index in [1.165, 1.54) is 11.1 Å². The molecule has 2 aromatic rings. The number of furan rings is 1.